The third-order valence-corrected chi connectivity index (χ3v) is 3.32. The molecular formula is C14H17BrN2O2. The number of hydrogen-bond acceptors (Lipinski definition) is 3. The van der Waals surface area contributed by atoms with E-state index >= 15 is 0 Å². The normalized spacial score (nSPS) is 12.6. The van der Waals surface area contributed by atoms with E-state index in [4.69, 9.17) is 4.42 Å². The zero-order valence-corrected chi connectivity index (χ0v) is 12.6. The van der Waals surface area contributed by atoms with Gasteiger partial charge in [-0.2, -0.15) is 0 Å². The number of hydrogen-bond donors (Lipinski definition) is 2. The Balaban J connectivity index is 2.05. The van der Waals surface area contributed by atoms with Crippen LogP contribution in [0.4, 0.5) is 0 Å². The molecule has 0 aliphatic rings. The lowest BCUT2D eigenvalue weighted by Gasteiger charge is -2.12. The Morgan fingerprint density at radius 1 is 1.42 bits per heavy atom. The molecule has 0 fully saturated rings. The van der Waals surface area contributed by atoms with Crippen molar-refractivity contribution in [1.82, 2.24) is 10.6 Å². The van der Waals surface area contributed by atoms with Gasteiger partial charge in [-0.1, -0.05) is 22.9 Å². The minimum Gasteiger partial charge on any atom is -0.451 e. The highest BCUT2D eigenvalue weighted by Gasteiger charge is 2.12. The van der Waals surface area contributed by atoms with E-state index in [1.165, 1.54) is 0 Å². The molecule has 0 saturated carbocycles. The summed E-state index contributed by atoms with van der Waals surface area (Å²) < 4.78 is 6.49. The summed E-state index contributed by atoms with van der Waals surface area (Å²) in [6, 6.07) is 7.66. The predicted molar refractivity (Wildman–Crippen MR) is 79.4 cm³/mol. The first-order chi connectivity index (χ1) is 9.10. The van der Waals surface area contributed by atoms with Crippen LogP contribution in [0, 0.1) is 0 Å². The molecule has 19 heavy (non-hydrogen) atoms. The fourth-order valence-corrected chi connectivity index (χ4v) is 2.26. The highest BCUT2D eigenvalue weighted by atomic mass is 79.9. The number of rotatable bonds is 5. The van der Waals surface area contributed by atoms with Gasteiger partial charge in [-0.05, 0) is 37.7 Å². The highest BCUT2D eigenvalue weighted by molar-refractivity contribution is 9.10. The smallest absolute Gasteiger partial charge is 0.287 e. The maximum atomic E-state index is 12.0. The zero-order valence-electron chi connectivity index (χ0n) is 11.0. The third kappa shape index (κ3) is 3.58. The fraction of sp³-hybridized carbons (Fsp3) is 0.357. The van der Waals surface area contributed by atoms with Crippen LogP contribution in [0.2, 0.25) is 0 Å². The van der Waals surface area contributed by atoms with Crippen molar-refractivity contribution in [3.8, 4) is 0 Å². The SMILES string of the molecule is CCN[C@H](C)CNC(=O)c1cc2cc(Br)ccc2o1. The summed E-state index contributed by atoms with van der Waals surface area (Å²) in [6.45, 7) is 5.53. The molecular weight excluding hydrogens is 308 g/mol. The van der Waals surface area contributed by atoms with E-state index in [1.54, 1.807) is 6.07 Å². The van der Waals surface area contributed by atoms with Crippen molar-refractivity contribution in [1.29, 1.82) is 0 Å². The summed E-state index contributed by atoms with van der Waals surface area (Å²) in [5.41, 5.74) is 0.716. The molecule has 2 aromatic rings. The van der Waals surface area contributed by atoms with Crippen molar-refractivity contribution < 1.29 is 9.21 Å². The minimum atomic E-state index is -0.183. The van der Waals surface area contributed by atoms with Crippen molar-refractivity contribution in [2.45, 2.75) is 19.9 Å². The Kier molecular flexibility index (Phi) is 4.61. The van der Waals surface area contributed by atoms with Crippen LogP contribution in [0.1, 0.15) is 24.4 Å². The van der Waals surface area contributed by atoms with Gasteiger partial charge in [0.05, 0.1) is 0 Å². The molecule has 1 aromatic carbocycles. The number of carbonyl (C=O) groups excluding carboxylic acids is 1. The lowest BCUT2D eigenvalue weighted by Crippen LogP contribution is -2.38. The van der Waals surface area contributed by atoms with Crippen LogP contribution in [0.3, 0.4) is 0 Å². The number of furan rings is 1. The van der Waals surface area contributed by atoms with Crippen LogP contribution >= 0.6 is 15.9 Å². The van der Waals surface area contributed by atoms with Crippen molar-refractivity contribution in [2.24, 2.45) is 0 Å². The van der Waals surface area contributed by atoms with E-state index in [-0.39, 0.29) is 11.9 Å². The second kappa shape index (κ2) is 6.21. The van der Waals surface area contributed by atoms with Gasteiger partial charge in [-0.15, -0.1) is 0 Å². The molecule has 1 aromatic heterocycles. The number of carbonyl (C=O) groups is 1. The van der Waals surface area contributed by atoms with Gasteiger partial charge in [0.15, 0.2) is 5.76 Å². The maximum absolute atomic E-state index is 12.0. The molecule has 5 heteroatoms. The molecule has 0 spiro atoms. The number of halogens is 1. The van der Waals surface area contributed by atoms with Crippen LogP contribution in [-0.2, 0) is 0 Å². The van der Waals surface area contributed by atoms with Gasteiger partial charge < -0.3 is 15.1 Å². The summed E-state index contributed by atoms with van der Waals surface area (Å²) in [5.74, 6) is 0.161. The van der Waals surface area contributed by atoms with Crippen molar-refractivity contribution >= 4 is 32.8 Å². The molecule has 0 aliphatic heterocycles. The molecule has 1 heterocycles. The van der Waals surface area contributed by atoms with Gasteiger partial charge in [-0.3, -0.25) is 4.79 Å². The summed E-state index contributed by atoms with van der Waals surface area (Å²) in [4.78, 5) is 12.0. The average Bonchev–Trinajstić information content (AvgIpc) is 2.79. The topological polar surface area (TPSA) is 54.3 Å². The average molecular weight is 325 g/mol. The van der Waals surface area contributed by atoms with Crippen molar-refractivity contribution in [3.05, 3.63) is 34.5 Å². The van der Waals surface area contributed by atoms with E-state index < -0.39 is 0 Å². The Labute approximate surface area is 120 Å². The first-order valence-electron chi connectivity index (χ1n) is 6.31. The van der Waals surface area contributed by atoms with Crippen LogP contribution in [0.15, 0.2) is 33.2 Å². The highest BCUT2D eigenvalue weighted by Crippen LogP contribution is 2.23. The summed E-state index contributed by atoms with van der Waals surface area (Å²) >= 11 is 3.40. The largest absolute Gasteiger partial charge is 0.451 e. The molecule has 4 nitrogen and oxygen atoms in total. The van der Waals surface area contributed by atoms with Crippen molar-refractivity contribution in [3.63, 3.8) is 0 Å². The summed E-state index contributed by atoms with van der Waals surface area (Å²) in [6.07, 6.45) is 0. The van der Waals surface area contributed by atoms with E-state index in [0.717, 1.165) is 16.4 Å². The molecule has 0 radical (unpaired) electrons. The molecule has 0 unspecified atom stereocenters. The maximum Gasteiger partial charge on any atom is 0.287 e. The zero-order chi connectivity index (χ0) is 13.8. The standard InChI is InChI=1S/C14H17BrN2O2/c1-3-16-9(2)8-17-14(18)13-7-10-6-11(15)4-5-12(10)19-13/h4-7,9,16H,3,8H2,1-2H3,(H,17,18)/t9-/m1/s1. The first kappa shape index (κ1) is 14.1. The Morgan fingerprint density at radius 2 is 2.21 bits per heavy atom. The minimum absolute atomic E-state index is 0.183. The molecule has 1 amide bonds. The van der Waals surface area contributed by atoms with Gasteiger partial charge in [0.1, 0.15) is 5.58 Å². The first-order valence-corrected chi connectivity index (χ1v) is 7.10. The molecule has 2 rings (SSSR count). The van der Waals surface area contributed by atoms with Gasteiger partial charge in [0, 0.05) is 22.4 Å². The van der Waals surface area contributed by atoms with E-state index in [2.05, 4.69) is 26.6 Å². The second-order valence-electron chi connectivity index (χ2n) is 4.46. The quantitative estimate of drug-likeness (QED) is 0.889. The van der Waals surface area contributed by atoms with E-state index in [0.29, 0.717) is 17.9 Å². The summed E-state index contributed by atoms with van der Waals surface area (Å²) in [7, 11) is 0. The van der Waals surface area contributed by atoms with Gasteiger partial charge in [-0.25, -0.2) is 0 Å². The third-order valence-electron chi connectivity index (χ3n) is 2.82. The number of nitrogens with one attached hydrogen (secondary N) is 2. The number of fused-ring (bicyclic) bond motifs is 1. The monoisotopic (exact) mass is 324 g/mol. The van der Waals surface area contributed by atoms with Gasteiger partial charge in [0.25, 0.3) is 5.91 Å². The molecule has 2 N–H and O–H groups in total. The Morgan fingerprint density at radius 3 is 2.95 bits per heavy atom. The number of benzene rings is 1. The number of amides is 1. The molecule has 0 aliphatic carbocycles. The predicted octanol–water partition coefficient (Wildman–Crippen LogP) is 2.92. The van der Waals surface area contributed by atoms with E-state index in [9.17, 15) is 4.79 Å². The second-order valence-corrected chi connectivity index (χ2v) is 5.38. The van der Waals surface area contributed by atoms with Crippen LogP contribution in [-0.4, -0.2) is 25.0 Å². The van der Waals surface area contributed by atoms with Gasteiger partial charge in [0.2, 0.25) is 0 Å². The summed E-state index contributed by atoms with van der Waals surface area (Å²) in [5, 5.41) is 7.00. The van der Waals surface area contributed by atoms with Crippen LogP contribution in [0.5, 0.6) is 0 Å². The van der Waals surface area contributed by atoms with Crippen molar-refractivity contribution in [2.75, 3.05) is 13.1 Å². The lowest BCUT2D eigenvalue weighted by molar-refractivity contribution is 0.0924. The number of likely N-dealkylation sites (N-methyl/N-ethyl adjacent to an activating group) is 1. The molecule has 102 valence electrons. The Bertz CT molecular complexity index is 580. The van der Waals surface area contributed by atoms with Crippen LogP contribution in [0.25, 0.3) is 11.0 Å². The molecule has 0 saturated heterocycles. The lowest BCUT2D eigenvalue weighted by atomic mass is 10.2. The van der Waals surface area contributed by atoms with Gasteiger partial charge >= 0.3 is 0 Å². The molecule has 1 atom stereocenters. The molecule has 0 bridgehead atoms. The van der Waals surface area contributed by atoms with E-state index in [1.807, 2.05) is 32.0 Å². The Hall–Kier alpha value is -1.33. The van der Waals surface area contributed by atoms with Crippen LogP contribution < -0.4 is 10.6 Å². The fourth-order valence-electron chi connectivity index (χ4n) is 1.88.